The summed E-state index contributed by atoms with van der Waals surface area (Å²) in [4.78, 5) is 12.1. The van der Waals surface area contributed by atoms with Gasteiger partial charge in [-0.1, -0.05) is 29.8 Å². The van der Waals surface area contributed by atoms with Gasteiger partial charge in [-0.25, -0.2) is 14.6 Å². The molecule has 4 rings (SSSR count). The van der Waals surface area contributed by atoms with Crippen molar-refractivity contribution in [3.05, 3.63) is 71.7 Å². The predicted molar refractivity (Wildman–Crippen MR) is 98.0 cm³/mol. The van der Waals surface area contributed by atoms with Gasteiger partial charge in [0.25, 0.3) is 0 Å². The molecule has 3 heterocycles. The highest BCUT2D eigenvalue weighted by molar-refractivity contribution is 6.32. The van der Waals surface area contributed by atoms with Crippen LogP contribution in [0.15, 0.2) is 55.2 Å². The van der Waals surface area contributed by atoms with Crippen LogP contribution in [0.2, 0.25) is 5.02 Å². The van der Waals surface area contributed by atoms with Crippen molar-refractivity contribution in [2.24, 2.45) is 0 Å². The molecule has 0 aliphatic heterocycles. The van der Waals surface area contributed by atoms with Crippen LogP contribution in [0.1, 0.15) is 11.4 Å². The van der Waals surface area contributed by atoms with Crippen LogP contribution in [-0.4, -0.2) is 34.5 Å². The Morgan fingerprint density at radius 2 is 1.93 bits per heavy atom. The lowest BCUT2D eigenvalue weighted by Crippen LogP contribution is -2.10. The molecule has 0 radical (unpaired) electrons. The summed E-state index contributed by atoms with van der Waals surface area (Å²) in [6.45, 7) is 0.203. The maximum atomic E-state index is 12.9. The molecule has 3 aromatic heterocycles. The van der Waals surface area contributed by atoms with E-state index in [4.69, 9.17) is 11.6 Å². The van der Waals surface area contributed by atoms with Crippen molar-refractivity contribution in [2.75, 3.05) is 5.32 Å². The second-order valence-corrected chi connectivity index (χ2v) is 6.28. The number of aromatic nitrogens is 7. The second-order valence-electron chi connectivity index (χ2n) is 5.87. The fraction of sp³-hybridized carbons (Fsp3) is 0.118. The third-order valence-corrected chi connectivity index (χ3v) is 4.08. The van der Waals surface area contributed by atoms with Crippen LogP contribution in [-0.2, 0) is 12.7 Å². The lowest BCUT2D eigenvalue weighted by Gasteiger charge is -2.11. The third kappa shape index (κ3) is 4.19. The number of anilines is 2. The topological polar surface area (TPSA) is 86.3 Å². The molecular weight excluding hydrogens is 409 g/mol. The minimum absolute atomic E-state index is 0.00966. The molecule has 0 bridgehead atoms. The monoisotopic (exact) mass is 420 g/mol. The van der Waals surface area contributed by atoms with Crippen molar-refractivity contribution in [3.63, 3.8) is 0 Å². The van der Waals surface area contributed by atoms with Crippen LogP contribution in [0.5, 0.6) is 0 Å². The molecular formula is C17H12ClF3N8. The molecule has 1 aromatic carbocycles. The summed E-state index contributed by atoms with van der Waals surface area (Å²) in [6, 6.07) is 9.90. The molecule has 0 aliphatic carbocycles. The van der Waals surface area contributed by atoms with Crippen LogP contribution in [0.4, 0.5) is 24.8 Å². The van der Waals surface area contributed by atoms with Crippen molar-refractivity contribution in [1.29, 1.82) is 0 Å². The third-order valence-electron chi connectivity index (χ3n) is 3.80. The first-order valence-electron chi connectivity index (χ1n) is 8.24. The maximum Gasteiger partial charge on any atom is 0.417 e. The van der Waals surface area contributed by atoms with E-state index in [1.54, 1.807) is 12.1 Å². The largest absolute Gasteiger partial charge is 0.417 e. The highest BCUT2D eigenvalue weighted by atomic mass is 35.5. The van der Waals surface area contributed by atoms with Gasteiger partial charge >= 0.3 is 6.18 Å². The van der Waals surface area contributed by atoms with E-state index in [0.29, 0.717) is 17.7 Å². The average molecular weight is 421 g/mol. The van der Waals surface area contributed by atoms with E-state index in [1.165, 1.54) is 22.0 Å². The number of halogens is 4. The summed E-state index contributed by atoms with van der Waals surface area (Å²) in [5, 5.41) is 11.2. The van der Waals surface area contributed by atoms with Crippen LogP contribution in [0.25, 0.3) is 5.82 Å². The summed E-state index contributed by atoms with van der Waals surface area (Å²) in [5.41, 5.74) is -0.247. The first-order chi connectivity index (χ1) is 13.9. The van der Waals surface area contributed by atoms with Crippen LogP contribution in [0, 0.1) is 0 Å². The van der Waals surface area contributed by atoms with Gasteiger partial charge < -0.3 is 5.32 Å². The Hall–Kier alpha value is -3.47. The highest BCUT2D eigenvalue weighted by Gasteiger charge is 2.32. The van der Waals surface area contributed by atoms with Crippen LogP contribution >= 0.6 is 11.6 Å². The Kier molecular flexibility index (Phi) is 4.89. The highest BCUT2D eigenvalue weighted by Crippen LogP contribution is 2.32. The van der Waals surface area contributed by atoms with E-state index in [-0.39, 0.29) is 23.3 Å². The molecule has 0 atom stereocenters. The second kappa shape index (κ2) is 7.51. The molecule has 8 nitrogen and oxygen atoms in total. The number of alkyl halides is 3. The zero-order valence-electron chi connectivity index (χ0n) is 14.5. The lowest BCUT2D eigenvalue weighted by molar-refractivity contribution is -0.137. The van der Waals surface area contributed by atoms with Gasteiger partial charge in [0.1, 0.15) is 19.2 Å². The van der Waals surface area contributed by atoms with Crippen molar-refractivity contribution in [3.8, 4) is 5.82 Å². The number of pyridine rings is 1. The smallest absolute Gasteiger partial charge is 0.324 e. The first kappa shape index (κ1) is 18.9. The van der Waals surface area contributed by atoms with E-state index in [9.17, 15) is 13.2 Å². The van der Waals surface area contributed by atoms with Gasteiger partial charge in [-0.15, -0.1) is 5.10 Å². The molecule has 0 saturated heterocycles. The van der Waals surface area contributed by atoms with E-state index in [2.05, 4.69) is 30.5 Å². The minimum atomic E-state index is -4.55. The molecule has 0 aliphatic rings. The van der Waals surface area contributed by atoms with Crippen LogP contribution in [0.3, 0.4) is 0 Å². The Bertz CT molecular complexity index is 1110. The molecule has 12 heteroatoms. The Morgan fingerprint density at radius 3 is 2.59 bits per heavy atom. The Morgan fingerprint density at radius 1 is 1.14 bits per heavy atom. The quantitative estimate of drug-likeness (QED) is 0.529. The SMILES string of the molecule is FC(F)(F)c1cnc(-n2nc(Cn3cncn3)nc2Nc2ccccc2)c(Cl)c1. The summed E-state index contributed by atoms with van der Waals surface area (Å²) in [6.07, 6.45) is -0.990. The maximum absolute atomic E-state index is 12.9. The van der Waals surface area contributed by atoms with Crippen molar-refractivity contribution < 1.29 is 13.2 Å². The zero-order chi connectivity index (χ0) is 20.4. The van der Waals surface area contributed by atoms with Crippen molar-refractivity contribution in [1.82, 2.24) is 34.5 Å². The molecule has 0 unspecified atom stereocenters. The first-order valence-corrected chi connectivity index (χ1v) is 8.61. The van der Waals surface area contributed by atoms with Gasteiger partial charge in [-0.05, 0) is 18.2 Å². The van der Waals surface area contributed by atoms with Gasteiger partial charge in [-0.2, -0.15) is 27.9 Å². The van der Waals surface area contributed by atoms with Crippen LogP contribution < -0.4 is 5.32 Å². The average Bonchev–Trinajstić information content (AvgIpc) is 3.32. The van der Waals surface area contributed by atoms with Gasteiger partial charge in [0.2, 0.25) is 5.95 Å². The summed E-state index contributed by atoms with van der Waals surface area (Å²) in [7, 11) is 0. The number of hydrogen-bond acceptors (Lipinski definition) is 6. The lowest BCUT2D eigenvalue weighted by atomic mass is 10.3. The molecule has 0 amide bonds. The molecule has 0 saturated carbocycles. The normalized spacial score (nSPS) is 11.6. The number of hydrogen-bond donors (Lipinski definition) is 1. The van der Waals surface area contributed by atoms with E-state index < -0.39 is 11.7 Å². The van der Waals surface area contributed by atoms with Gasteiger partial charge in [0.05, 0.1) is 10.6 Å². The van der Waals surface area contributed by atoms with E-state index in [1.807, 2.05) is 18.2 Å². The number of nitrogens with zero attached hydrogens (tertiary/aromatic N) is 7. The number of rotatable bonds is 5. The Labute approximate surface area is 167 Å². The molecule has 29 heavy (non-hydrogen) atoms. The standard InChI is InChI=1S/C17H12ClF3N8/c18-13-6-11(17(19,20)21)7-23-15(13)29-16(25-12-4-2-1-3-5-12)26-14(27-29)8-28-10-22-9-24-28/h1-7,9-10H,8H2,(H,25,26,27). The van der Waals surface area contributed by atoms with Gasteiger partial charge in [-0.3, -0.25) is 0 Å². The van der Waals surface area contributed by atoms with E-state index >= 15 is 0 Å². The molecule has 0 spiro atoms. The molecule has 1 N–H and O–H groups in total. The van der Waals surface area contributed by atoms with Gasteiger partial charge in [0, 0.05) is 11.9 Å². The summed E-state index contributed by atoms with van der Waals surface area (Å²) in [5.74, 6) is 0.586. The number of para-hydroxylation sites is 1. The predicted octanol–water partition coefficient (Wildman–Crippen LogP) is 3.72. The minimum Gasteiger partial charge on any atom is -0.324 e. The van der Waals surface area contributed by atoms with Crippen molar-refractivity contribution in [2.45, 2.75) is 12.7 Å². The summed E-state index contributed by atoms with van der Waals surface area (Å²) >= 11 is 6.09. The number of benzene rings is 1. The summed E-state index contributed by atoms with van der Waals surface area (Å²) < 4.78 is 41.5. The van der Waals surface area contributed by atoms with Crippen molar-refractivity contribution >= 4 is 23.2 Å². The Balaban J connectivity index is 1.75. The van der Waals surface area contributed by atoms with E-state index in [0.717, 1.165) is 6.07 Å². The molecule has 148 valence electrons. The van der Waals surface area contributed by atoms with Gasteiger partial charge in [0.15, 0.2) is 11.6 Å². The fourth-order valence-electron chi connectivity index (χ4n) is 2.50. The molecule has 0 fully saturated rings. The zero-order valence-corrected chi connectivity index (χ0v) is 15.3. The fourth-order valence-corrected chi connectivity index (χ4v) is 2.75. The molecule has 4 aromatic rings. The number of nitrogens with one attached hydrogen (secondary N) is 1.